The molecular formula is C21H20O8. The van der Waals surface area contributed by atoms with Gasteiger partial charge in [-0.15, -0.1) is 0 Å². The molecule has 0 aromatic heterocycles. The van der Waals surface area contributed by atoms with Crippen LogP contribution in [0.1, 0.15) is 63.0 Å². The summed E-state index contributed by atoms with van der Waals surface area (Å²) in [4.78, 5) is 48.5. The van der Waals surface area contributed by atoms with Crippen LogP contribution < -0.4 is 4.74 Å². The van der Waals surface area contributed by atoms with Crippen molar-refractivity contribution < 1.29 is 38.9 Å². The maximum atomic E-state index is 12.8. The lowest BCUT2D eigenvalue weighted by atomic mass is 9.93. The first kappa shape index (κ1) is 21.6. The van der Waals surface area contributed by atoms with Crippen LogP contribution in [0.5, 0.6) is 17.2 Å². The van der Waals surface area contributed by atoms with Crippen molar-refractivity contribution in [2.24, 2.45) is 0 Å². The van der Waals surface area contributed by atoms with Gasteiger partial charge in [0.25, 0.3) is 0 Å². The van der Waals surface area contributed by atoms with Gasteiger partial charge in [0.05, 0.1) is 16.7 Å². The number of benzene rings is 2. The quantitative estimate of drug-likeness (QED) is 0.328. The molecule has 0 aliphatic rings. The van der Waals surface area contributed by atoms with Crippen LogP contribution in [0, 0.1) is 6.92 Å². The number of carbonyl (C=O) groups excluding carboxylic acids is 4. The maximum Gasteiger partial charge on any atom is 0.340 e. The molecular weight excluding hydrogens is 380 g/mol. The molecule has 152 valence electrons. The van der Waals surface area contributed by atoms with Crippen molar-refractivity contribution in [1.29, 1.82) is 0 Å². The topological polar surface area (TPSA) is 127 Å². The first-order valence-electron chi connectivity index (χ1n) is 8.60. The second kappa shape index (κ2) is 8.55. The summed E-state index contributed by atoms with van der Waals surface area (Å²) in [5.41, 5.74) is -0.162. The molecule has 0 unspecified atom stereocenters. The minimum absolute atomic E-state index is 0.162. The Morgan fingerprint density at radius 1 is 0.862 bits per heavy atom. The molecule has 2 N–H and O–H groups in total. The number of rotatable bonds is 6. The summed E-state index contributed by atoms with van der Waals surface area (Å²) in [6, 6.07) is 7.12. The predicted octanol–water partition coefficient (Wildman–Crippen LogP) is 3.09. The molecule has 8 heteroatoms. The number of phenolic OH excluding ortho intramolecular Hbond substituents is 2. The third-order valence-electron chi connectivity index (χ3n) is 4.18. The number of hydrogen-bond donors (Lipinski definition) is 2. The number of Topliss-reactive ketones (excluding diaryl/α,β-unsaturated/α-hetero) is 2. The third kappa shape index (κ3) is 4.43. The number of ketones is 2. The zero-order valence-corrected chi connectivity index (χ0v) is 16.4. The number of aromatic hydroxyl groups is 2. The van der Waals surface area contributed by atoms with E-state index in [0.29, 0.717) is 5.56 Å². The highest BCUT2D eigenvalue weighted by Gasteiger charge is 2.34. The molecule has 2 aromatic carbocycles. The van der Waals surface area contributed by atoms with Gasteiger partial charge in [-0.3, -0.25) is 14.4 Å². The largest absolute Gasteiger partial charge is 0.504 e. The van der Waals surface area contributed by atoms with Gasteiger partial charge in [-0.25, -0.2) is 4.79 Å². The molecule has 0 saturated heterocycles. The lowest BCUT2D eigenvalue weighted by Crippen LogP contribution is -2.18. The van der Waals surface area contributed by atoms with E-state index >= 15 is 0 Å². The lowest BCUT2D eigenvalue weighted by molar-refractivity contribution is -0.132. The number of aryl methyl sites for hydroxylation is 1. The van der Waals surface area contributed by atoms with Gasteiger partial charge in [0.15, 0.2) is 23.1 Å². The van der Waals surface area contributed by atoms with Crippen molar-refractivity contribution in [1.82, 2.24) is 0 Å². The standard InChI is InChI=1S/C21H20O8/c1-10-7-5-6-8-14(10)9-28-21(27)17-15(11(2)22)18(25)19(26)20(29-13(4)24)16(17)12(3)23/h5-8,25-26H,9H2,1-4H3. The van der Waals surface area contributed by atoms with Gasteiger partial charge in [-0.1, -0.05) is 24.3 Å². The van der Waals surface area contributed by atoms with Crippen molar-refractivity contribution >= 4 is 23.5 Å². The summed E-state index contributed by atoms with van der Waals surface area (Å²) >= 11 is 0. The molecule has 0 radical (unpaired) electrons. The molecule has 2 aromatic rings. The van der Waals surface area contributed by atoms with Crippen molar-refractivity contribution in [3.63, 3.8) is 0 Å². The average molecular weight is 400 g/mol. The Bertz CT molecular complexity index is 1020. The van der Waals surface area contributed by atoms with Crippen molar-refractivity contribution in [3.8, 4) is 17.2 Å². The van der Waals surface area contributed by atoms with Crippen LogP contribution in [-0.2, 0) is 16.1 Å². The van der Waals surface area contributed by atoms with E-state index in [0.717, 1.165) is 26.3 Å². The molecule has 8 nitrogen and oxygen atoms in total. The fourth-order valence-electron chi connectivity index (χ4n) is 2.81. The number of hydrogen-bond acceptors (Lipinski definition) is 8. The number of phenols is 2. The van der Waals surface area contributed by atoms with Gasteiger partial charge in [-0.2, -0.15) is 0 Å². The van der Waals surface area contributed by atoms with Crippen molar-refractivity contribution in [2.75, 3.05) is 0 Å². The minimum atomic E-state index is -1.09. The Labute approximate surface area is 166 Å². The van der Waals surface area contributed by atoms with Crippen molar-refractivity contribution in [3.05, 3.63) is 52.1 Å². The fraction of sp³-hybridized carbons (Fsp3) is 0.238. The van der Waals surface area contributed by atoms with Crippen LogP contribution in [0.3, 0.4) is 0 Å². The van der Waals surface area contributed by atoms with Gasteiger partial charge in [0.2, 0.25) is 5.75 Å². The van der Waals surface area contributed by atoms with Crippen LogP contribution in [0.2, 0.25) is 0 Å². The van der Waals surface area contributed by atoms with E-state index in [-0.39, 0.29) is 6.61 Å². The zero-order valence-electron chi connectivity index (χ0n) is 16.4. The van der Waals surface area contributed by atoms with Crippen LogP contribution in [0.4, 0.5) is 0 Å². The van der Waals surface area contributed by atoms with Crippen LogP contribution in [0.25, 0.3) is 0 Å². The van der Waals surface area contributed by atoms with E-state index in [1.165, 1.54) is 0 Å². The Kier molecular flexibility index (Phi) is 6.38. The summed E-state index contributed by atoms with van der Waals surface area (Å²) in [6.07, 6.45) is 0. The lowest BCUT2D eigenvalue weighted by Gasteiger charge is -2.18. The highest BCUT2D eigenvalue weighted by Crippen LogP contribution is 2.45. The van der Waals surface area contributed by atoms with Gasteiger partial charge >= 0.3 is 11.9 Å². The highest BCUT2D eigenvalue weighted by atomic mass is 16.5. The zero-order chi connectivity index (χ0) is 21.9. The molecule has 2 rings (SSSR count). The van der Waals surface area contributed by atoms with Gasteiger partial charge < -0.3 is 19.7 Å². The van der Waals surface area contributed by atoms with Crippen molar-refractivity contribution in [2.45, 2.75) is 34.3 Å². The van der Waals surface area contributed by atoms with Crippen LogP contribution >= 0.6 is 0 Å². The Morgan fingerprint density at radius 2 is 1.45 bits per heavy atom. The highest BCUT2D eigenvalue weighted by molar-refractivity contribution is 6.16. The molecule has 0 spiro atoms. The van der Waals surface area contributed by atoms with E-state index < -0.39 is 57.4 Å². The molecule has 0 heterocycles. The second-order valence-electron chi connectivity index (χ2n) is 6.36. The SMILES string of the molecule is CC(=O)Oc1c(O)c(O)c(C(C)=O)c(C(=O)OCc2ccccc2C)c1C(C)=O. The second-order valence-corrected chi connectivity index (χ2v) is 6.36. The third-order valence-corrected chi connectivity index (χ3v) is 4.18. The smallest absolute Gasteiger partial charge is 0.340 e. The fourth-order valence-corrected chi connectivity index (χ4v) is 2.81. The summed E-state index contributed by atoms with van der Waals surface area (Å²) in [5.74, 6) is -6.26. The molecule has 29 heavy (non-hydrogen) atoms. The first-order chi connectivity index (χ1) is 13.6. The molecule has 0 aliphatic heterocycles. The van der Waals surface area contributed by atoms with Gasteiger partial charge in [0.1, 0.15) is 6.61 Å². The van der Waals surface area contributed by atoms with Crippen LogP contribution in [-0.4, -0.2) is 33.7 Å². The normalized spacial score (nSPS) is 10.3. The number of ether oxygens (including phenoxy) is 2. The van der Waals surface area contributed by atoms with Gasteiger partial charge in [-0.05, 0) is 31.9 Å². The molecule has 0 bridgehead atoms. The summed E-state index contributed by atoms with van der Waals surface area (Å²) in [5, 5.41) is 20.4. The Morgan fingerprint density at radius 3 is 1.97 bits per heavy atom. The Balaban J connectivity index is 2.66. The van der Waals surface area contributed by atoms with E-state index in [1.807, 2.05) is 19.1 Å². The maximum absolute atomic E-state index is 12.8. The van der Waals surface area contributed by atoms with E-state index in [1.54, 1.807) is 12.1 Å². The molecule has 0 atom stereocenters. The Hall–Kier alpha value is -3.68. The molecule has 0 saturated carbocycles. The minimum Gasteiger partial charge on any atom is -0.504 e. The van der Waals surface area contributed by atoms with E-state index in [2.05, 4.69) is 0 Å². The molecule has 0 aliphatic carbocycles. The average Bonchev–Trinajstić information content (AvgIpc) is 2.63. The molecule has 0 amide bonds. The number of carbonyl (C=O) groups is 4. The van der Waals surface area contributed by atoms with Crippen LogP contribution in [0.15, 0.2) is 24.3 Å². The van der Waals surface area contributed by atoms with E-state index in [4.69, 9.17) is 9.47 Å². The van der Waals surface area contributed by atoms with Gasteiger partial charge in [0, 0.05) is 6.92 Å². The first-order valence-corrected chi connectivity index (χ1v) is 8.60. The summed E-state index contributed by atoms with van der Waals surface area (Å²) in [7, 11) is 0. The summed E-state index contributed by atoms with van der Waals surface area (Å²) < 4.78 is 10.1. The summed E-state index contributed by atoms with van der Waals surface area (Å²) in [6.45, 7) is 4.76. The molecule has 0 fully saturated rings. The monoisotopic (exact) mass is 400 g/mol. The predicted molar refractivity (Wildman–Crippen MR) is 101 cm³/mol. The number of esters is 2. The van der Waals surface area contributed by atoms with E-state index in [9.17, 15) is 29.4 Å².